The minimum absolute atomic E-state index is 0.348. The van der Waals surface area contributed by atoms with Crippen LogP contribution in [-0.4, -0.2) is 26.5 Å². The van der Waals surface area contributed by atoms with Crippen LogP contribution in [0.2, 0.25) is 0 Å². The maximum absolute atomic E-state index is 4.63. The molecule has 19 heavy (non-hydrogen) atoms. The van der Waals surface area contributed by atoms with Gasteiger partial charge in [-0.25, -0.2) is 4.98 Å². The summed E-state index contributed by atoms with van der Waals surface area (Å²) < 4.78 is 2.17. The number of aryl methyl sites for hydroxylation is 1. The lowest BCUT2D eigenvalue weighted by molar-refractivity contribution is 0.244. The van der Waals surface area contributed by atoms with Gasteiger partial charge in [-0.1, -0.05) is 0 Å². The lowest BCUT2D eigenvalue weighted by atomic mass is 10.1. The predicted molar refractivity (Wildman–Crippen MR) is 76.8 cm³/mol. The van der Waals surface area contributed by atoms with Gasteiger partial charge in [0.25, 0.3) is 0 Å². The zero-order chi connectivity index (χ0) is 14.0. The first-order chi connectivity index (χ1) is 9.00. The summed E-state index contributed by atoms with van der Waals surface area (Å²) >= 11 is 0. The molecule has 1 atom stereocenters. The van der Waals surface area contributed by atoms with Crippen LogP contribution in [0.15, 0.2) is 24.5 Å². The number of pyridine rings is 1. The fourth-order valence-electron chi connectivity index (χ4n) is 2.18. The molecule has 0 N–H and O–H groups in total. The molecule has 4 heteroatoms. The van der Waals surface area contributed by atoms with Gasteiger partial charge in [-0.05, 0) is 45.5 Å². The Kier molecular flexibility index (Phi) is 4.00. The molecule has 4 nitrogen and oxygen atoms in total. The second kappa shape index (κ2) is 5.53. The lowest BCUT2D eigenvalue weighted by Crippen LogP contribution is -2.23. The van der Waals surface area contributed by atoms with Gasteiger partial charge in [0.15, 0.2) is 0 Å². The van der Waals surface area contributed by atoms with Crippen molar-refractivity contribution in [2.24, 2.45) is 7.05 Å². The highest BCUT2D eigenvalue weighted by molar-refractivity contribution is 5.16. The molecule has 0 radical (unpaired) electrons. The average Bonchev–Trinajstić information content (AvgIpc) is 2.66. The number of nitrogens with zero attached hydrogens (tertiary/aromatic N) is 4. The van der Waals surface area contributed by atoms with E-state index in [2.05, 4.69) is 66.4 Å². The van der Waals surface area contributed by atoms with E-state index in [1.54, 1.807) is 0 Å². The van der Waals surface area contributed by atoms with E-state index in [0.29, 0.717) is 6.04 Å². The molecule has 0 saturated heterocycles. The SMILES string of the molecule is Cc1nc(CN(C)C(C)c2ccncc2)n(C)c1C. The number of rotatable bonds is 4. The molecule has 2 aromatic heterocycles. The monoisotopic (exact) mass is 258 g/mol. The largest absolute Gasteiger partial charge is 0.334 e. The van der Waals surface area contributed by atoms with Crippen LogP contribution < -0.4 is 0 Å². The van der Waals surface area contributed by atoms with Crippen molar-refractivity contribution in [3.8, 4) is 0 Å². The van der Waals surface area contributed by atoms with Gasteiger partial charge >= 0.3 is 0 Å². The molecule has 0 spiro atoms. The van der Waals surface area contributed by atoms with Gasteiger partial charge in [0.05, 0.1) is 12.2 Å². The highest BCUT2D eigenvalue weighted by atomic mass is 15.2. The highest BCUT2D eigenvalue weighted by Gasteiger charge is 2.15. The van der Waals surface area contributed by atoms with Crippen molar-refractivity contribution in [2.75, 3.05) is 7.05 Å². The van der Waals surface area contributed by atoms with Gasteiger partial charge in [-0.15, -0.1) is 0 Å². The van der Waals surface area contributed by atoms with Gasteiger partial charge in [0, 0.05) is 31.2 Å². The molecule has 1 unspecified atom stereocenters. The van der Waals surface area contributed by atoms with E-state index in [-0.39, 0.29) is 0 Å². The van der Waals surface area contributed by atoms with E-state index >= 15 is 0 Å². The van der Waals surface area contributed by atoms with Gasteiger partial charge in [0.2, 0.25) is 0 Å². The second-order valence-electron chi connectivity index (χ2n) is 5.13. The Morgan fingerprint density at radius 3 is 2.42 bits per heavy atom. The molecule has 2 rings (SSSR count). The predicted octanol–water partition coefficient (Wildman–Crippen LogP) is 2.62. The van der Waals surface area contributed by atoms with E-state index < -0.39 is 0 Å². The van der Waals surface area contributed by atoms with E-state index in [0.717, 1.165) is 18.1 Å². The second-order valence-corrected chi connectivity index (χ2v) is 5.13. The van der Waals surface area contributed by atoms with Crippen molar-refractivity contribution >= 4 is 0 Å². The Balaban J connectivity index is 2.13. The van der Waals surface area contributed by atoms with Gasteiger partial charge in [0.1, 0.15) is 5.82 Å². The first-order valence-corrected chi connectivity index (χ1v) is 6.59. The van der Waals surface area contributed by atoms with Crippen molar-refractivity contribution in [1.29, 1.82) is 0 Å². The first-order valence-electron chi connectivity index (χ1n) is 6.59. The van der Waals surface area contributed by atoms with Gasteiger partial charge in [-0.2, -0.15) is 0 Å². The van der Waals surface area contributed by atoms with E-state index in [1.807, 2.05) is 12.4 Å². The Bertz CT molecular complexity index is 545. The van der Waals surface area contributed by atoms with Crippen molar-refractivity contribution in [2.45, 2.75) is 33.4 Å². The Hall–Kier alpha value is -1.68. The summed E-state index contributed by atoms with van der Waals surface area (Å²) in [5, 5.41) is 0. The number of hydrogen-bond acceptors (Lipinski definition) is 3. The molecule has 2 aromatic rings. The smallest absolute Gasteiger partial charge is 0.123 e. The average molecular weight is 258 g/mol. The Morgan fingerprint density at radius 1 is 1.26 bits per heavy atom. The van der Waals surface area contributed by atoms with Crippen molar-refractivity contribution < 1.29 is 0 Å². The lowest BCUT2D eigenvalue weighted by Gasteiger charge is -2.24. The van der Waals surface area contributed by atoms with Crippen LogP contribution in [0.25, 0.3) is 0 Å². The molecule has 0 aliphatic carbocycles. The van der Waals surface area contributed by atoms with Crippen LogP contribution in [0, 0.1) is 13.8 Å². The summed E-state index contributed by atoms with van der Waals surface area (Å²) in [4.78, 5) is 11.0. The number of imidazole rings is 1. The van der Waals surface area contributed by atoms with Crippen LogP contribution in [0.5, 0.6) is 0 Å². The third-order valence-electron chi connectivity index (χ3n) is 3.95. The minimum atomic E-state index is 0.348. The summed E-state index contributed by atoms with van der Waals surface area (Å²) in [6.07, 6.45) is 3.68. The molecule has 0 aliphatic heterocycles. The summed E-state index contributed by atoms with van der Waals surface area (Å²) in [5.41, 5.74) is 3.63. The first kappa shape index (κ1) is 13.7. The molecule has 0 bridgehead atoms. The number of hydrogen-bond donors (Lipinski definition) is 0. The van der Waals surface area contributed by atoms with Crippen molar-refractivity contribution in [3.63, 3.8) is 0 Å². The van der Waals surface area contributed by atoms with Crippen LogP contribution in [0.1, 0.15) is 35.7 Å². The molecule has 0 aliphatic rings. The zero-order valence-corrected chi connectivity index (χ0v) is 12.4. The van der Waals surface area contributed by atoms with Crippen molar-refractivity contribution in [1.82, 2.24) is 19.4 Å². The summed E-state index contributed by atoms with van der Waals surface area (Å²) in [6, 6.07) is 4.48. The van der Waals surface area contributed by atoms with Crippen molar-refractivity contribution in [3.05, 3.63) is 47.3 Å². The molecule has 2 heterocycles. The number of aromatic nitrogens is 3. The standard InChI is InChI=1S/C15H22N4/c1-11-12(2)19(5)15(17-11)10-18(4)13(3)14-6-8-16-9-7-14/h6-9,13H,10H2,1-5H3. The maximum atomic E-state index is 4.63. The molecular formula is C15H22N4. The van der Waals surface area contributed by atoms with Crippen LogP contribution in [0.3, 0.4) is 0 Å². The summed E-state index contributed by atoms with van der Waals surface area (Å²) in [7, 11) is 4.21. The highest BCUT2D eigenvalue weighted by Crippen LogP contribution is 2.20. The van der Waals surface area contributed by atoms with Gasteiger partial charge in [-0.3, -0.25) is 9.88 Å². The third-order valence-corrected chi connectivity index (χ3v) is 3.95. The zero-order valence-electron chi connectivity index (χ0n) is 12.4. The minimum Gasteiger partial charge on any atom is -0.334 e. The molecule has 0 fully saturated rings. The Morgan fingerprint density at radius 2 is 1.89 bits per heavy atom. The Labute approximate surface area is 115 Å². The van der Waals surface area contributed by atoms with E-state index in [4.69, 9.17) is 0 Å². The van der Waals surface area contributed by atoms with E-state index in [1.165, 1.54) is 11.3 Å². The van der Waals surface area contributed by atoms with Crippen LogP contribution >= 0.6 is 0 Å². The fraction of sp³-hybridized carbons (Fsp3) is 0.467. The molecule has 0 aromatic carbocycles. The maximum Gasteiger partial charge on any atom is 0.123 e. The topological polar surface area (TPSA) is 34.0 Å². The normalized spacial score (nSPS) is 12.9. The summed E-state index contributed by atoms with van der Waals surface area (Å²) in [6.45, 7) is 7.22. The molecule has 102 valence electrons. The quantitative estimate of drug-likeness (QED) is 0.845. The van der Waals surface area contributed by atoms with E-state index in [9.17, 15) is 0 Å². The van der Waals surface area contributed by atoms with Crippen LogP contribution in [0.4, 0.5) is 0 Å². The molecule has 0 saturated carbocycles. The molecular weight excluding hydrogens is 236 g/mol. The van der Waals surface area contributed by atoms with Gasteiger partial charge < -0.3 is 4.57 Å². The molecule has 0 amide bonds. The van der Waals surface area contributed by atoms with Crippen LogP contribution in [-0.2, 0) is 13.6 Å². The summed E-state index contributed by atoms with van der Waals surface area (Å²) in [5.74, 6) is 1.11. The fourth-order valence-corrected chi connectivity index (χ4v) is 2.18. The third kappa shape index (κ3) is 2.84.